The molecule has 1 aliphatic heterocycles. The van der Waals surface area contributed by atoms with Crippen molar-refractivity contribution in [2.45, 2.75) is 26.1 Å². The summed E-state index contributed by atoms with van der Waals surface area (Å²) in [5.74, 6) is -0.382. The molecule has 0 saturated carbocycles. The lowest BCUT2D eigenvalue weighted by Crippen LogP contribution is -2.46. The Hall–Kier alpha value is -1.55. The topological polar surface area (TPSA) is 55.6 Å². The molecule has 0 aliphatic carbocycles. The zero-order valence-corrected chi connectivity index (χ0v) is 10.2. The van der Waals surface area contributed by atoms with Crippen LogP contribution in [0, 0.1) is 0 Å². The molecule has 1 aromatic carbocycles. The van der Waals surface area contributed by atoms with Crippen molar-refractivity contribution in [3.8, 4) is 0 Å². The van der Waals surface area contributed by atoms with Gasteiger partial charge < -0.3 is 15.4 Å². The second-order valence-corrected chi connectivity index (χ2v) is 4.54. The molecule has 1 fully saturated rings. The van der Waals surface area contributed by atoms with E-state index in [-0.39, 0.29) is 18.1 Å². The molecule has 92 valence electrons. The molecule has 1 heterocycles. The predicted molar refractivity (Wildman–Crippen MR) is 67.2 cm³/mol. The number of ether oxygens (including phenoxy) is 1. The van der Waals surface area contributed by atoms with Gasteiger partial charge in [0, 0.05) is 18.8 Å². The van der Waals surface area contributed by atoms with Crippen LogP contribution in [-0.4, -0.2) is 31.2 Å². The molecule has 2 atom stereocenters. The third kappa shape index (κ3) is 2.58. The average Bonchev–Trinajstić information content (AvgIpc) is 2.27. The summed E-state index contributed by atoms with van der Waals surface area (Å²) in [6, 6.07) is 7.46. The van der Waals surface area contributed by atoms with E-state index in [0.717, 1.165) is 18.8 Å². The molecule has 0 spiro atoms. The first-order valence-corrected chi connectivity index (χ1v) is 5.87. The molecule has 2 unspecified atom stereocenters. The Morgan fingerprint density at radius 2 is 1.88 bits per heavy atom. The van der Waals surface area contributed by atoms with Crippen LogP contribution in [0.5, 0.6) is 0 Å². The maximum atomic E-state index is 11.4. The highest BCUT2D eigenvalue weighted by Crippen LogP contribution is 2.23. The summed E-state index contributed by atoms with van der Waals surface area (Å²) < 4.78 is 5.68. The third-order valence-electron chi connectivity index (χ3n) is 2.93. The largest absolute Gasteiger partial charge is 0.372 e. The second kappa shape index (κ2) is 4.75. The molecule has 2 N–H and O–H groups in total. The standard InChI is InChI=1S/C13H18N2O2/c1-9-7-15(8-10(2)17-9)12-6-4-3-5-11(12)13(14)16/h3-6,9-10H,7-8H2,1-2H3,(H2,14,16). The molecule has 17 heavy (non-hydrogen) atoms. The van der Waals surface area contributed by atoms with Gasteiger partial charge >= 0.3 is 0 Å². The Morgan fingerprint density at radius 1 is 1.29 bits per heavy atom. The van der Waals surface area contributed by atoms with E-state index in [4.69, 9.17) is 10.5 Å². The van der Waals surface area contributed by atoms with Crippen molar-refractivity contribution in [2.75, 3.05) is 18.0 Å². The van der Waals surface area contributed by atoms with E-state index in [1.165, 1.54) is 0 Å². The van der Waals surface area contributed by atoms with Crippen LogP contribution in [0.15, 0.2) is 24.3 Å². The fourth-order valence-corrected chi connectivity index (χ4v) is 2.33. The number of hydrogen-bond donors (Lipinski definition) is 1. The third-order valence-corrected chi connectivity index (χ3v) is 2.93. The average molecular weight is 234 g/mol. The van der Waals surface area contributed by atoms with Crippen molar-refractivity contribution in [2.24, 2.45) is 5.73 Å². The number of carbonyl (C=O) groups is 1. The van der Waals surface area contributed by atoms with Crippen molar-refractivity contribution in [1.82, 2.24) is 0 Å². The van der Waals surface area contributed by atoms with E-state index in [0.29, 0.717) is 5.56 Å². The number of primary amides is 1. The van der Waals surface area contributed by atoms with Gasteiger partial charge in [0.25, 0.3) is 5.91 Å². The number of carbonyl (C=O) groups excluding carboxylic acids is 1. The van der Waals surface area contributed by atoms with Crippen LogP contribution in [0.3, 0.4) is 0 Å². The summed E-state index contributed by atoms with van der Waals surface area (Å²) in [6.45, 7) is 5.65. The van der Waals surface area contributed by atoms with Crippen LogP contribution in [0.2, 0.25) is 0 Å². The number of benzene rings is 1. The van der Waals surface area contributed by atoms with Gasteiger partial charge in [-0.15, -0.1) is 0 Å². The number of rotatable bonds is 2. The van der Waals surface area contributed by atoms with Crippen LogP contribution in [0.1, 0.15) is 24.2 Å². The van der Waals surface area contributed by atoms with E-state index < -0.39 is 0 Å². The zero-order valence-electron chi connectivity index (χ0n) is 10.2. The Labute approximate surface area is 101 Å². The van der Waals surface area contributed by atoms with Crippen molar-refractivity contribution < 1.29 is 9.53 Å². The monoisotopic (exact) mass is 234 g/mol. The minimum atomic E-state index is -0.382. The first-order chi connectivity index (χ1) is 8.08. The summed E-state index contributed by atoms with van der Waals surface area (Å²) in [5.41, 5.74) is 6.88. The number of anilines is 1. The molecule has 1 amide bonds. The number of nitrogens with two attached hydrogens (primary N) is 1. The zero-order chi connectivity index (χ0) is 12.4. The van der Waals surface area contributed by atoms with Crippen molar-refractivity contribution in [3.63, 3.8) is 0 Å². The predicted octanol–water partition coefficient (Wildman–Crippen LogP) is 1.40. The van der Waals surface area contributed by atoms with Gasteiger partial charge in [-0.2, -0.15) is 0 Å². The molecule has 1 aromatic rings. The van der Waals surface area contributed by atoms with Gasteiger partial charge in [0.1, 0.15) is 0 Å². The molecule has 4 nitrogen and oxygen atoms in total. The van der Waals surface area contributed by atoms with Crippen LogP contribution in [0.4, 0.5) is 5.69 Å². The van der Waals surface area contributed by atoms with E-state index in [2.05, 4.69) is 4.90 Å². The minimum absolute atomic E-state index is 0.166. The number of para-hydroxylation sites is 1. The van der Waals surface area contributed by atoms with Gasteiger partial charge in [-0.25, -0.2) is 0 Å². The molecule has 4 heteroatoms. The smallest absolute Gasteiger partial charge is 0.250 e. The Morgan fingerprint density at radius 3 is 2.47 bits per heavy atom. The fraction of sp³-hybridized carbons (Fsp3) is 0.462. The molecule has 1 aliphatic rings. The van der Waals surface area contributed by atoms with Crippen LogP contribution >= 0.6 is 0 Å². The van der Waals surface area contributed by atoms with Crippen LogP contribution in [0.25, 0.3) is 0 Å². The van der Waals surface area contributed by atoms with Gasteiger partial charge in [-0.05, 0) is 26.0 Å². The highest BCUT2D eigenvalue weighted by Gasteiger charge is 2.24. The summed E-state index contributed by atoms with van der Waals surface area (Å²) in [5, 5.41) is 0. The van der Waals surface area contributed by atoms with E-state index in [1.807, 2.05) is 32.0 Å². The summed E-state index contributed by atoms with van der Waals surface area (Å²) in [6.07, 6.45) is 0.333. The van der Waals surface area contributed by atoms with Crippen molar-refractivity contribution in [1.29, 1.82) is 0 Å². The van der Waals surface area contributed by atoms with Crippen LogP contribution < -0.4 is 10.6 Å². The quantitative estimate of drug-likeness (QED) is 0.841. The Kier molecular flexibility index (Phi) is 3.33. The highest BCUT2D eigenvalue weighted by atomic mass is 16.5. The number of amides is 1. The minimum Gasteiger partial charge on any atom is -0.372 e. The lowest BCUT2D eigenvalue weighted by Gasteiger charge is -2.37. The Balaban J connectivity index is 2.30. The van der Waals surface area contributed by atoms with Gasteiger partial charge in [-0.1, -0.05) is 12.1 Å². The van der Waals surface area contributed by atoms with E-state index in [1.54, 1.807) is 6.07 Å². The molecule has 0 aromatic heterocycles. The second-order valence-electron chi connectivity index (χ2n) is 4.54. The highest BCUT2D eigenvalue weighted by molar-refractivity contribution is 5.98. The lowest BCUT2D eigenvalue weighted by molar-refractivity contribution is -0.00526. The summed E-state index contributed by atoms with van der Waals surface area (Å²) in [7, 11) is 0. The maximum Gasteiger partial charge on any atom is 0.250 e. The van der Waals surface area contributed by atoms with Crippen LogP contribution in [-0.2, 0) is 4.74 Å². The van der Waals surface area contributed by atoms with Gasteiger partial charge in [0.15, 0.2) is 0 Å². The lowest BCUT2D eigenvalue weighted by atomic mass is 10.1. The molecule has 0 bridgehead atoms. The first-order valence-electron chi connectivity index (χ1n) is 5.87. The first kappa shape index (κ1) is 11.9. The molecule has 2 rings (SSSR count). The molecular weight excluding hydrogens is 216 g/mol. The number of hydrogen-bond acceptors (Lipinski definition) is 3. The number of nitrogens with zero attached hydrogens (tertiary/aromatic N) is 1. The Bertz CT molecular complexity index is 410. The van der Waals surface area contributed by atoms with Crippen molar-refractivity contribution >= 4 is 11.6 Å². The van der Waals surface area contributed by atoms with Gasteiger partial charge in [-0.3, -0.25) is 4.79 Å². The van der Waals surface area contributed by atoms with E-state index in [9.17, 15) is 4.79 Å². The molecule has 0 radical (unpaired) electrons. The summed E-state index contributed by atoms with van der Waals surface area (Å²) >= 11 is 0. The maximum absolute atomic E-state index is 11.4. The van der Waals surface area contributed by atoms with E-state index >= 15 is 0 Å². The normalized spacial score (nSPS) is 24.7. The van der Waals surface area contributed by atoms with Crippen molar-refractivity contribution in [3.05, 3.63) is 29.8 Å². The molecule has 1 saturated heterocycles. The summed E-state index contributed by atoms with van der Waals surface area (Å²) in [4.78, 5) is 13.6. The van der Waals surface area contributed by atoms with Gasteiger partial charge in [0.05, 0.1) is 17.8 Å². The molecular formula is C13H18N2O2. The fourth-order valence-electron chi connectivity index (χ4n) is 2.33. The SMILES string of the molecule is CC1CN(c2ccccc2C(N)=O)CC(C)O1. The number of morpholine rings is 1. The van der Waals surface area contributed by atoms with Gasteiger partial charge in [0.2, 0.25) is 0 Å².